The van der Waals surface area contributed by atoms with Crippen LogP contribution in [0, 0.1) is 5.82 Å². The van der Waals surface area contributed by atoms with Crippen LogP contribution in [0.15, 0.2) is 29.2 Å². The van der Waals surface area contributed by atoms with Gasteiger partial charge in [0.2, 0.25) is 15.9 Å². The number of piperidine rings is 1. The first-order chi connectivity index (χ1) is 11.0. The molecular weight excluding hydrogens is 319 g/mol. The molecule has 23 heavy (non-hydrogen) atoms. The average Bonchev–Trinajstić information content (AvgIpc) is 3.09. The van der Waals surface area contributed by atoms with Crippen LogP contribution in [0.4, 0.5) is 4.39 Å². The normalized spacial score (nSPS) is 23.2. The number of nitrogens with zero attached hydrogens (tertiary/aromatic N) is 2. The van der Waals surface area contributed by atoms with Gasteiger partial charge >= 0.3 is 0 Å². The topological polar surface area (TPSA) is 57.7 Å². The summed E-state index contributed by atoms with van der Waals surface area (Å²) in [6.07, 6.45) is 4.09. The Hall–Kier alpha value is -1.47. The molecule has 2 aliphatic heterocycles. The van der Waals surface area contributed by atoms with Gasteiger partial charge in [-0.05, 0) is 49.9 Å². The third-order valence-electron chi connectivity index (χ3n) is 4.58. The Morgan fingerprint density at radius 2 is 1.61 bits per heavy atom. The van der Waals surface area contributed by atoms with E-state index in [1.54, 1.807) is 4.90 Å². The van der Waals surface area contributed by atoms with E-state index in [1.807, 2.05) is 0 Å². The van der Waals surface area contributed by atoms with Gasteiger partial charge in [0, 0.05) is 19.6 Å². The largest absolute Gasteiger partial charge is 0.341 e. The van der Waals surface area contributed by atoms with E-state index in [-0.39, 0.29) is 10.8 Å². The van der Waals surface area contributed by atoms with E-state index >= 15 is 0 Å². The Kier molecular flexibility index (Phi) is 4.68. The van der Waals surface area contributed by atoms with Crippen molar-refractivity contribution in [2.45, 2.75) is 43.0 Å². The molecule has 2 heterocycles. The van der Waals surface area contributed by atoms with Crippen molar-refractivity contribution < 1.29 is 17.6 Å². The number of halogens is 1. The summed E-state index contributed by atoms with van der Waals surface area (Å²) in [5, 5.41) is 0. The van der Waals surface area contributed by atoms with Crippen LogP contribution in [0.25, 0.3) is 0 Å². The van der Waals surface area contributed by atoms with Gasteiger partial charge in [0.25, 0.3) is 0 Å². The molecule has 1 atom stereocenters. The van der Waals surface area contributed by atoms with Gasteiger partial charge in [-0.1, -0.05) is 6.42 Å². The first kappa shape index (κ1) is 16.4. The highest BCUT2D eigenvalue weighted by atomic mass is 32.2. The molecule has 0 spiro atoms. The molecule has 0 saturated carbocycles. The number of carbonyl (C=O) groups excluding carboxylic acids is 1. The van der Waals surface area contributed by atoms with Gasteiger partial charge in [-0.15, -0.1) is 0 Å². The minimum absolute atomic E-state index is 0.0417. The molecule has 2 saturated heterocycles. The fourth-order valence-corrected chi connectivity index (χ4v) is 4.98. The number of sulfonamides is 1. The van der Waals surface area contributed by atoms with Crippen molar-refractivity contribution in [2.24, 2.45) is 0 Å². The lowest BCUT2D eigenvalue weighted by Gasteiger charge is -2.35. The molecule has 0 N–H and O–H groups in total. The van der Waals surface area contributed by atoms with Gasteiger partial charge < -0.3 is 4.90 Å². The van der Waals surface area contributed by atoms with Crippen molar-refractivity contribution in [3.05, 3.63) is 30.1 Å². The van der Waals surface area contributed by atoms with Gasteiger partial charge in [0.15, 0.2) is 0 Å². The number of rotatable bonds is 3. The molecule has 1 aromatic carbocycles. The van der Waals surface area contributed by atoms with Crippen molar-refractivity contribution in [2.75, 3.05) is 19.6 Å². The maximum absolute atomic E-state index is 13.1. The van der Waals surface area contributed by atoms with Gasteiger partial charge in [-0.25, -0.2) is 12.8 Å². The molecule has 0 aliphatic carbocycles. The van der Waals surface area contributed by atoms with E-state index in [0.29, 0.717) is 26.1 Å². The molecule has 2 fully saturated rings. The van der Waals surface area contributed by atoms with Crippen LogP contribution in [0.1, 0.15) is 32.1 Å². The number of amides is 1. The number of carbonyl (C=O) groups is 1. The summed E-state index contributed by atoms with van der Waals surface area (Å²) < 4.78 is 40.1. The second kappa shape index (κ2) is 6.57. The number of likely N-dealkylation sites (tertiary alicyclic amines) is 1. The van der Waals surface area contributed by atoms with Crippen molar-refractivity contribution in [1.29, 1.82) is 0 Å². The Morgan fingerprint density at radius 1 is 1.00 bits per heavy atom. The zero-order chi connectivity index (χ0) is 16.4. The molecule has 5 nitrogen and oxygen atoms in total. The molecule has 3 rings (SSSR count). The number of hydrogen-bond acceptors (Lipinski definition) is 3. The van der Waals surface area contributed by atoms with E-state index in [2.05, 4.69) is 0 Å². The van der Waals surface area contributed by atoms with Gasteiger partial charge in [0.1, 0.15) is 11.9 Å². The molecule has 126 valence electrons. The first-order valence-corrected chi connectivity index (χ1v) is 9.50. The molecule has 0 aromatic heterocycles. The molecule has 0 bridgehead atoms. The summed E-state index contributed by atoms with van der Waals surface area (Å²) in [6.45, 7) is 1.75. The Labute approximate surface area is 136 Å². The second-order valence-electron chi connectivity index (χ2n) is 6.11. The van der Waals surface area contributed by atoms with Crippen LogP contribution in [0.3, 0.4) is 0 Å². The van der Waals surface area contributed by atoms with E-state index in [4.69, 9.17) is 0 Å². The highest BCUT2D eigenvalue weighted by Crippen LogP contribution is 2.27. The molecule has 1 amide bonds. The Bertz CT molecular complexity index is 669. The summed E-state index contributed by atoms with van der Waals surface area (Å²) in [6, 6.07) is 4.16. The average molecular weight is 340 g/mol. The number of benzene rings is 1. The lowest BCUT2D eigenvalue weighted by atomic mass is 10.0. The highest BCUT2D eigenvalue weighted by molar-refractivity contribution is 7.89. The Morgan fingerprint density at radius 3 is 2.26 bits per heavy atom. The zero-order valence-electron chi connectivity index (χ0n) is 12.9. The molecule has 7 heteroatoms. The van der Waals surface area contributed by atoms with Gasteiger partial charge in [-0.2, -0.15) is 4.31 Å². The van der Waals surface area contributed by atoms with Crippen LogP contribution < -0.4 is 0 Å². The predicted molar refractivity (Wildman–Crippen MR) is 83.7 cm³/mol. The maximum Gasteiger partial charge on any atom is 0.243 e. The lowest BCUT2D eigenvalue weighted by Crippen LogP contribution is -2.52. The summed E-state index contributed by atoms with van der Waals surface area (Å²) in [4.78, 5) is 14.5. The standard InChI is InChI=1S/C16H21FN2O3S/c17-13-6-8-14(9-7-13)23(21,22)19-12-2-1-5-15(19)16(20)18-10-3-4-11-18/h6-9,15H,1-5,10-12H2. The van der Waals surface area contributed by atoms with Crippen LogP contribution in [0.2, 0.25) is 0 Å². The van der Waals surface area contributed by atoms with Crippen molar-refractivity contribution in [3.63, 3.8) is 0 Å². The molecule has 2 aliphatic rings. The van der Waals surface area contributed by atoms with Crippen LogP contribution in [-0.4, -0.2) is 49.2 Å². The molecule has 1 unspecified atom stereocenters. The highest BCUT2D eigenvalue weighted by Gasteiger charge is 2.39. The van der Waals surface area contributed by atoms with E-state index < -0.39 is 21.9 Å². The predicted octanol–water partition coefficient (Wildman–Crippen LogP) is 1.99. The second-order valence-corrected chi connectivity index (χ2v) is 8.00. The van der Waals surface area contributed by atoms with Crippen molar-refractivity contribution >= 4 is 15.9 Å². The minimum atomic E-state index is -3.78. The van der Waals surface area contributed by atoms with Crippen molar-refractivity contribution in [1.82, 2.24) is 9.21 Å². The maximum atomic E-state index is 13.1. The first-order valence-electron chi connectivity index (χ1n) is 8.06. The molecule has 1 aromatic rings. The van der Waals surface area contributed by atoms with Crippen molar-refractivity contribution in [3.8, 4) is 0 Å². The van der Waals surface area contributed by atoms with Crippen LogP contribution in [-0.2, 0) is 14.8 Å². The Balaban J connectivity index is 1.88. The summed E-state index contributed by atoms with van der Waals surface area (Å²) >= 11 is 0. The molecule has 0 radical (unpaired) electrons. The van der Waals surface area contributed by atoms with Gasteiger partial charge in [-0.3, -0.25) is 4.79 Å². The third kappa shape index (κ3) is 3.26. The van der Waals surface area contributed by atoms with Crippen LogP contribution in [0.5, 0.6) is 0 Å². The SMILES string of the molecule is O=C(C1CCCCN1S(=O)(=O)c1ccc(F)cc1)N1CCCC1. The van der Waals surface area contributed by atoms with E-state index in [1.165, 1.54) is 16.4 Å². The third-order valence-corrected chi connectivity index (χ3v) is 6.50. The minimum Gasteiger partial charge on any atom is -0.341 e. The summed E-state index contributed by atoms with van der Waals surface area (Å²) in [5.41, 5.74) is 0. The quantitative estimate of drug-likeness (QED) is 0.845. The summed E-state index contributed by atoms with van der Waals surface area (Å²) in [7, 11) is -3.78. The van der Waals surface area contributed by atoms with E-state index in [0.717, 1.165) is 37.8 Å². The van der Waals surface area contributed by atoms with E-state index in [9.17, 15) is 17.6 Å². The van der Waals surface area contributed by atoms with Crippen LogP contribution >= 0.6 is 0 Å². The monoisotopic (exact) mass is 340 g/mol. The lowest BCUT2D eigenvalue weighted by molar-refractivity contribution is -0.135. The molecular formula is C16H21FN2O3S. The van der Waals surface area contributed by atoms with Gasteiger partial charge in [0.05, 0.1) is 4.90 Å². The zero-order valence-corrected chi connectivity index (χ0v) is 13.8. The smallest absolute Gasteiger partial charge is 0.243 e. The number of hydrogen-bond donors (Lipinski definition) is 0. The fraction of sp³-hybridized carbons (Fsp3) is 0.562. The fourth-order valence-electron chi connectivity index (χ4n) is 3.33. The summed E-state index contributed by atoms with van der Waals surface area (Å²) in [5.74, 6) is -0.569.